The van der Waals surface area contributed by atoms with Crippen molar-refractivity contribution in [1.82, 2.24) is 4.90 Å². The van der Waals surface area contributed by atoms with Gasteiger partial charge >= 0.3 is 5.97 Å². The molecule has 1 aliphatic rings. The fourth-order valence-corrected chi connectivity index (χ4v) is 4.87. The number of ether oxygens (including phenoxy) is 1. The number of thioether (sulfide) groups is 1. The Kier molecular flexibility index (Phi) is 6.42. The molecule has 1 heterocycles. The number of hydrogen-bond donors (Lipinski definition) is 1. The number of carboxylic acids is 1. The number of nitrogens with zero attached hydrogens (tertiary/aromatic N) is 1. The number of carbonyl (C=O) groups excluding carboxylic acids is 1. The standard InChI is InChI=1S/C18H14Cl3NO4S/c19-10-1-4-12(5-2-10)26-8-16(23)22-15(18(24)25)9-27-17(22)13-6-3-11(20)7-14(13)21/h1-7,15,17H,8-9H2,(H,24,25). The van der Waals surface area contributed by atoms with Crippen molar-refractivity contribution >= 4 is 58.4 Å². The number of hydrogen-bond acceptors (Lipinski definition) is 4. The van der Waals surface area contributed by atoms with Gasteiger partial charge in [0, 0.05) is 26.4 Å². The van der Waals surface area contributed by atoms with Crippen molar-refractivity contribution in [1.29, 1.82) is 0 Å². The highest BCUT2D eigenvalue weighted by molar-refractivity contribution is 7.99. The predicted molar refractivity (Wildman–Crippen MR) is 107 cm³/mol. The highest BCUT2D eigenvalue weighted by atomic mass is 35.5. The van der Waals surface area contributed by atoms with E-state index in [1.165, 1.54) is 16.7 Å². The van der Waals surface area contributed by atoms with Crippen molar-refractivity contribution in [3.05, 3.63) is 63.1 Å². The van der Waals surface area contributed by atoms with Gasteiger partial charge in [-0.25, -0.2) is 4.79 Å². The molecule has 3 rings (SSSR count). The molecule has 0 aromatic heterocycles. The van der Waals surface area contributed by atoms with E-state index in [4.69, 9.17) is 39.5 Å². The van der Waals surface area contributed by atoms with Crippen LogP contribution in [0.4, 0.5) is 0 Å². The van der Waals surface area contributed by atoms with Gasteiger partial charge in [-0.15, -0.1) is 11.8 Å². The third-order valence-electron chi connectivity index (χ3n) is 3.98. The van der Waals surface area contributed by atoms with Gasteiger partial charge in [-0.05, 0) is 36.4 Å². The van der Waals surface area contributed by atoms with E-state index >= 15 is 0 Å². The molecule has 9 heteroatoms. The lowest BCUT2D eigenvalue weighted by atomic mass is 10.1. The van der Waals surface area contributed by atoms with Crippen molar-refractivity contribution < 1.29 is 19.4 Å². The normalized spacial score (nSPS) is 19.1. The fourth-order valence-electron chi connectivity index (χ4n) is 2.69. The average Bonchev–Trinajstić information content (AvgIpc) is 3.06. The lowest BCUT2D eigenvalue weighted by Gasteiger charge is -2.28. The first-order chi connectivity index (χ1) is 12.9. The molecule has 1 aliphatic heterocycles. The molecular formula is C18H14Cl3NO4S. The van der Waals surface area contributed by atoms with Crippen LogP contribution in [-0.2, 0) is 9.59 Å². The van der Waals surface area contributed by atoms with Crippen LogP contribution in [0.5, 0.6) is 5.75 Å². The van der Waals surface area contributed by atoms with Gasteiger partial charge in [0.05, 0.1) is 0 Å². The van der Waals surface area contributed by atoms with E-state index in [0.717, 1.165) is 0 Å². The molecule has 0 spiro atoms. The maximum atomic E-state index is 12.8. The molecular weight excluding hydrogens is 433 g/mol. The second-order valence-electron chi connectivity index (χ2n) is 5.75. The summed E-state index contributed by atoms with van der Waals surface area (Å²) >= 11 is 19.4. The first kappa shape index (κ1) is 20.1. The molecule has 0 saturated carbocycles. The first-order valence-electron chi connectivity index (χ1n) is 7.85. The summed E-state index contributed by atoms with van der Waals surface area (Å²) < 4.78 is 5.49. The van der Waals surface area contributed by atoms with Crippen molar-refractivity contribution in [3.63, 3.8) is 0 Å². The van der Waals surface area contributed by atoms with Gasteiger partial charge in [0.2, 0.25) is 0 Å². The maximum absolute atomic E-state index is 12.8. The molecule has 1 saturated heterocycles. The van der Waals surface area contributed by atoms with Gasteiger partial charge in [-0.3, -0.25) is 4.79 Å². The Hall–Kier alpha value is -1.60. The summed E-state index contributed by atoms with van der Waals surface area (Å²) in [5.41, 5.74) is 0.634. The molecule has 2 aromatic carbocycles. The highest BCUT2D eigenvalue weighted by Crippen LogP contribution is 2.44. The minimum absolute atomic E-state index is 0.256. The van der Waals surface area contributed by atoms with Crippen LogP contribution in [0.2, 0.25) is 15.1 Å². The Bertz CT molecular complexity index is 862. The van der Waals surface area contributed by atoms with Crippen molar-refractivity contribution in [3.8, 4) is 5.75 Å². The SMILES string of the molecule is O=C(O)C1CSC(c2ccc(Cl)cc2Cl)N1C(=O)COc1ccc(Cl)cc1. The maximum Gasteiger partial charge on any atom is 0.327 e. The van der Waals surface area contributed by atoms with E-state index < -0.39 is 23.3 Å². The summed E-state index contributed by atoms with van der Waals surface area (Å²) in [6.07, 6.45) is 0. The summed E-state index contributed by atoms with van der Waals surface area (Å²) in [6.45, 7) is -0.298. The molecule has 5 nitrogen and oxygen atoms in total. The average molecular weight is 447 g/mol. The van der Waals surface area contributed by atoms with Gasteiger partial charge in [0.15, 0.2) is 6.61 Å². The van der Waals surface area contributed by atoms with Crippen molar-refractivity contribution in [2.45, 2.75) is 11.4 Å². The molecule has 27 heavy (non-hydrogen) atoms. The smallest absolute Gasteiger partial charge is 0.327 e. The zero-order valence-electron chi connectivity index (χ0n) is 13.8. The molecule has 0 radical (unpaired) electrons. The third kappa shape index (κ3) is 4.63. The molecule has 1 fully saturated rings. The van der Waals surface area contributed by atoms with Gasteiger partial charge in [0.1, 0.15) is 17.2 Å². The summed E-state index contributed by atoms with van der Waals surface area (Å²) in [7, 11) is 0. The first-order valence-corrected chi connectivity index (χ1v) is 10.0. The Morgan fingerprint density at radius 1 is 1.11 bits per heavy atom. The van der Waals surface area contributed by atoms with Gasteiger partial charge in [-0.2, -0.15) is 0 Å². The predicted octanol–water partition coefficient (Wildman–Crippen LogP) is 4.75. The summed E-state index contributed by atoms with van der Waals surface area (Å²) in [5.74, 6) is -0.799. The van der Waals surface area contributed by atoms with Crippen LogP contribution in [-0.4, -0.2) is 40.3 Å². The van der Waals surface area contributed by atoms with E-state index in [1.54, 1.807) is 42.5 Å². The van der Waals surface area contributed by atoms with Crippen molar-refractivity contribution in [2.75, 3.05) is 12.4 Å². The number of amides is 1. The lowest BCUT2D eigenvalue weighted by molar-refractivity contribution is -0.150. The van der Waals surface area contributed by atoms with Gasteiger partial charge in [-0.1, -0.05) is 40.9 Å². The molecule has 2 aromatic rings. The topological polar surface area (TPSA) is 66.8 Å². The van der Waals surface area contributed by atoms with Crippen LogP contribution in [0.15, 0.2) is 42.5 Å². The molecule has 0 aliphatic carbocycles. The number of carboxylic acid groups (broad SMARTS) is 1. The number of carbonyl (C=O) groups is 2. The molecule has 2 unspecified atom stereocenters. The number of rotatable bonds is 5. The van der Waals surface area contributed by atoms with E-state index in [1.807, 2.05) is 0 Å². The largest absolute Gasteiger partial charge is 0.484 e. The molecule has 0 bridgehead atoms. The van der Waals surface area contributed by atoms with Crippen LogP contribution < -0.4 is 4.74 Å². The fraction of sp³-hybridized carbons (Fsp3) is 0.222. The molecule has 142 valence electrons. The summed E-state index contributed by atoms with van der Waals surface area (Å²) in [5, 5.41) is 10.4. The summed E-state index contributed by atoms with van der Waals surface area (Å²) in [4.78, 5) is 25.7. The van der Waals surface area contributed by atoms with Crippen molar-refractivity contribution in [2.24, 2.45) is 0 Å². The van der Waals surface area contributed by atoms with Crippen LogP contribution in [0.3, 0.4) is 0 Å². The van der Waals surface area contributed by atoms with Crippen LogP contribution >= 0.6 is 46.6 Å². The Morgan fingerprint density at radius 3 is 2.41 bits per heavy atom. The highest BCUT2D eigenvalue weighted by Gasteiger charge is 2.43. The van der Waals surface area contributed by atoms with Crippen LogP contribution in [0.25, 0.3) is 0 Å². The van der Waals surface area contributed by atoms with E-state index in [2.05, 4.69) is 0 Å². The number of benzene rings is 2. The quantitative estimate of drug-likeness (QED) is 0.718. The Morgan fingerprint density at radius 2 is 1.78 bits per heavy atom. The summed E-state index contributed by atoms with van der Waals surface area (Å²) in [6, 6.07) is 10.5. The lowest BCUT2D eigenvalue weighted by Crippen LogP contribution is -2.45. The molecule has 2 atom stereocenters. The van der Waals surface area contributed by atoms with Crippen LogP contribution in [0, 0.1) is 0 Å². The Balaban J connectivity index is 1.81. The number of aliphatic carboxylic acids is 1. The molecule has 1 N–H and O–H groups in total. The second kappa shape index (κ2) is 8.61. The van der Waals surface area contributed by atoms with Gasteiger partial charge in [0.25, 0.3) is 5.91 Å². The monoisotopic (exact) mass is 445 g/mol. The van der Waals surface area contributed by atoms with Gasteiger partial charge < -0.3 is 14.7 Å². The van der Waals surface area contributed by atoms with E-state index in [-0.39, 0.29) is 12.4 Å². The third-order valence-corrected chi connectivity index (χ3v) is 6.10. The molecule has 1 amide bonds. The zero-order valence-corrected chi connectivity index (χ0v) is 16.9. The van der Waals surface area contributed by atoms with E-state index in [9.17, 15) is 14.7 Å². The Labute approximate surface area is 175 Å². The van der Waals surface area contributed by atoms with Crippen LogP contribution in [0.1, 0.15) is 10.9 Å². The second-order valence-corrected chi connectivity index (χ2v) is 8.14. The number of halogens is 3. The minimum atomic E-state index is -1.07. The van der Waals surface area contributed by atoms with E-state index in [0.29, 0.717) is 26.4 Å². The minimum Gasteiger partial charge on any atom is -0.484 e. The zero-order chi connectivity index (χ0) is 19.6.